The first kappa shape index (κ1) is 10.5. The standard InChI is InChI=1S/C10H14N2O2/c1-2-3-6-12-7-9(11-8-12)4-5-10(13)14/h4-5,7-8H,2-3,6H2,1H3,(H,13,14). The van der Waals surface area contributed by atoms with Crippen LogP contribution in [-0.2, 0) is 11.3 Å². The summed E-state index contributed by atoms with van der Waals surface area (Å²) in [7, 11) is 0. The van der Waals surface area contributed by atoms with Gasteiger partial charge in [-0.15, -0.1) is 0 Å². The number of imidazole rings is 1. The van der Waals surface area contributed by atoms with Gasteiger partial charge in [0.2, 0.25) is 0 Å². The summed E-state index contributed by atoms with van der Waals surface area (Å²) >= 11 is 0. The molecule has 76 valence electrons. The van der Waals surface area contributed by atoms with Crippen molar-refractivity contribution in [2.24, 2.45) is 0 Å². The highest BCUT2D eigenvalue weighted by molar-refractivity contribution is 5.84. The zero-order chi connectivity index (χ0) is 10.4. The first-order valence-corrected chi connectivity index (χ1v) is 4.65. The highest BCUT2D eigenvalue weighted by Gasteiger charge is 1.95. The quantitative estimate of drug-likeness (QED) is 0.727. The Hall–Kier alpha value is -1.58. The number of nitrogens with zero attached hydrogens (tertiary/aromatic N) is 2. The van der Waals surface area contributed by atoms with Gasteiger partial charge in [-0.3, -0.25) is 0 Å². The number of aliphatic carboxylic acids is 1. The van der Waals surface area contributed by atoms with Gasteiger partial charge in [-0.2, -0.15) is 0 Å². The minimum absolute atomic E-state index is 0.684. The number of carboxylic acid groups (broad SMARTS) is 1. The Morgan fingerprint density at radius 1 is 1.71 bits per heavy atom. The molecule has 0 spiro atoms. The maximum Gasteiger partial charge on any atom is 0.328 e. The molecule has 0 amide bonds. The maximum atomic E-state index is 10.2. The highest BCUT2D eigenvalue weighted by atomic mass is 16.4. The average molecular weight is 194 g/mol. The van der Waals surface area contributed by atoms with Crippen molar-refractivity contribution in [3.63, 3.8) is 0 Å². The van der Waals surface area contributed by atoms with Crippen molar-refractivity contribution in [3.8, 4) is 0 Å². The third-order valence-electron chi connectivity index (χ3n) is 1.82. The van der Waals surface area contributed by atoms with E-state index in [1.807, 2.05) is 10.8 Å². The molecule has 4 nitrogen and oxygen atoms in total. The number of hydrogen-bond acceptors (Lipinski definition) is 2. The molecule has 0 aliphatic rings. The Morgan fingerprint density at radius 2 is 2.50 bits per heavy atom. The lowest BCUT2D eigenvalue weighted by Gasteiger charge is -1.96. The van der Waals surface area contributed by atoms with Crippen LogP contribution in [-0.4, -0.2) is 20.6 Å². The molecule has 0 radical (unpaired) electrons. The molecule has 0 aromatic carbocycles. The van der Waals surface area contributed by atoms with E-state index in [1.165, 1.54) is 6.08 Å². The highest BCUT2D eigenvalue weighted by Crippen LogP contribution is 2.01. The number of carboxylic acids is 1. The number of carbonyl (C=O) groups is 1. The van der Waals surface area contributed by atoms with Crippen molar-refractivity contribution >= 4 is 12.0 Å². The molecule has 0 saturated carbocycles. The molecule has 0 fully saturated rings. The number of hydrogen-bond donors (Lipinski definition) is 1. The van der Waals surface area contributed by atoms with Crippen LogP contribution in [0.2, 0.25) is 0 Å². The predicted octanol–water partition coefficient (Wildman–Crippen LogP) is 1.78. The summed E-state index contributed by atoms with van der Waals surface area (Å²) in [6, 6.07) is 0. The van der Waals surface area contributed by atoms with E-state index < -0.39 is 5.97 Å². The zero-order valence-electron chi connectivity index (χ0n) is 8.18. The van der Waals surface area contributed by atoms with E-state index in [4.69, 9.17) is 5.11 Å². The van der Waals surface area contributed by atoms with E-state index in [9.17, 15) is 4.79 Å². The Labute approximate surface area is 82.9 Å². The lowest BCUT2D eigenvalue weighted by Crippen LogP contribution is -1.92. The molecule has 0 atom stereocenters. The van der Waals surface area contributed by atoms with Crippen molar-refractivity contribution in [2.45, 2.75) is 26.3 Å². The summed E-state index contributed by atoms with van der Waals surface area (Å²) in [5.74, 6) is -0.951. The number of unbranched alkanes of at least 4 members (excludes halogenated alkanes) is 1. The Kier molecular flexibility index (Phi) is 3.91. The first-order valence-electron chi connectivity index (χ1n) is 4.65. The largest absolute Gasteiger partial charge is 0.478 e. The molecule has 1 N–H and O–H groups in total. The van der Waals surface area contributed by atoms with Crippen LogP contribution in [0.15, 0.2) is 18.6 Å². The second kappa shape index (κ2) is 5.21. The van der Waals surface area contributed by atoms with Crippen LogP contribution in [0.1, 0.15) is 25.5 Å². The van der Waals surface area contributed by atoms with Gasteiger partial charge in [-0.05, 0) is 12.5 Å². The summed E-state index contributed by atoms with van der Waals surface area (Å²) in [6.45, 7) is 3.06. The summed E-state index contributed by atoms with van der Waals surface area (Å²) in [5, 5.41) is 8.40. The van der Waals surface area contributed by atoms with Crippen molar-refractivity contribution < 1.29 is 9.90 Å². The molecule has 1 heterocycles. The van der Waals surface area contributed by atoms with Gasteiger partial charge in [0.05, 0.1) is 12.0 Å². The van der Waals surface area contributed by atoms with Crippen LogP contribution < -0.4 is 0 Å². The van der Waals surface area contributed by atoms with Crippen LogP contribution in [0.25, 0.3) is 6.08 Å². The minimum atomic E-state index is -0.951. The molecule has 0 aliphatic carbocycles. The molecule has 1 aromatic heterocycles. The molecule has 4 heteroatoms. The van der Waals surface area contributed by atoms with Crippen LogP contribution >= 0.6 is 0 Å². The van der Waals surface area contributed by atoms with E-state index in [0.29, 0.717) is 5.69 Å². The third kappa shape index (κ3) is 3.43. The lowest BCUT2D eigenvalue weighted by atomic mass is 10.3. The van der Waals surface area contributed by atoms with E-state index in [0.717, 1.165) is 25.5 Å². The molecular formula is C10H14N2O2. The normalized spacial score (nSPS) is 10.9. The smallest absolute Gasteiger partial charge is 0.328 e. The Bertz CT molecular complexity index is 329. The van der Waals surface area contributed by atoms with Gasteiger partial charge >= 0.3 is 5.97 Å². The summed E-state index contributed by atoms with van der Waals surface area (Å²) in [6.07, 6.45) is 8.39. The third-order valence-corrected chi connectivity index (χ3v) is 1.82. The summed E-state index contributed by atoms with van der Waals surface area (Å²) < 4.78 is 1.96. The number of rotatable bonds is 5. The van der Waals surface area contributed by atoms with Crippen LogP contribution in [0.5, 0.6) is 0 Å². The Balaban J connectivity index is 2.54. The fraction of sp³-hybridized carbons (Fsp3) is 0.400. The predicted molar refractivity (Wildman–Crippen MR) is 53.8 cm³/mol. The van der Waals surface area contributed by atoms with Crippen molar-refractivity contribution in [1.29, 1.82) is 0 Å². The van der Waals surface area contributed by atoms with Gasteiger partial charge in [-0.1, -0.05) is 13.3 Å². The zero-order valence-corrected chi connectivity index (χ0v) is 8.18. The van der Waals surface area contributed by atoms with Gasteiger partial charge in [0.1, 0.15) is 0 Å². The molecule has 0 aliphatic heterocycles. The minimum Gasteiger partial charge on any atom is -0.478 e. The lowest BCUT2D eigenvalue weighted by molar-refractivity contribution is -0.131. The van der Waals surface area contributed by atoms with Gasteiger partial charge in [0.15, 0.2) is 0 Å². The topological polar surface area (TPSA) is 55.1 Å². The van der Waals surface area contributed by atoms with Crippen molar-refractivity contribution in [2.75, 3.05) is 0 Å². The van der Waals surface area contributed by atoms with Crippen LogP contribution in [0.4, 0.5) is 0 Å². The molecular weight excluding hydrogens is 180 g/mol. The Morgan fingerprint density at radius 3 is 3.14 bits per heavy atom. The second-order valence-electron chi connectivity index (χ2n) is 3.06. The monoisotopic (exact) mass is 194 g/mol. The van der Waals surface area contributed by atoms with Crippen molar-refractivity contribution in [1.82, 2.24) is 9.55 Å². The number of aromatic nitrogens is 2. The van der Waals surface area contributed by atoms with Crippen LogP contribution in [0.3, 0.4) is 0 Å². The summed E-state index contributed by atoms with van der Waals surface area (Å²) in [4.78, 5) is 14.3. The summed E-state index contributed by atoms with van der Waals surface area (Å²) in [5.41, 5.74) is 0.684. The molecule has 0 saturated heterocycles. The van der Waals surface area contributed by atoms with Gasteiger partial charge in [0.25, 0.3) is 0 Å². The SMILES string of the molecule is CCCCn1cnc(C=CC(=O)O)c1. The average Bonchev–Trinajstić information content (AvgIpc) is 2.59. The van der Waals surface area contributed by atoms with Crippen LogP contribution in [0, 0.1) is 0 Å². The molecule has 1 aromatic rings. The van der Waals surface area contributed by atoms with E-state index in [-0.39, 0.29) is 0 Å². The molecule has 1 rings (SSSR count). The number of aryl methyl sites for hydroxylation is 1. The van der Waals surface area contributed by atoms with Gasteiger partial charge in [-0.25, -0.2) is 9.78 Å². The first-order chi connectivity index (χ1) is 6.72. The van der Waals surface area contributed by atoms with Gasteiger partial charge < -0.3 is 9.67 Å². The second-order valence-corrected chi connectivity index (χ2v) is 3.06. The van der Waals surface area contributed by atoms with Crippen molar-refractivity contribution in [3.05, 3.63) is 24.3 Å². The van der Waals surface area contributed by atoms with E-state index >= 15 is 0 Å². The fourth-order valence-electron chi connectivity index (χ4n) is 1.08. The molecule has 0 unspecified atom stereocenters. The van der Waals surface area contributed by atoms with E-state index in [1.54, 1.807) is 6.33 Å². The van der Waals surface area contributed by atoms with Gasteiger partial charge in [0, 0.05) is 18.8 Å². The fourth-order valence-corrected chi connectivity index (χ4v) is 1.08. The molecule has 14 heavy (non-hydrogen) atoms. The maximum absolute atomic E-state index is 10.2. The molecule has 0 bridgehead atoms. The van der Waals surface area contributed by atoms with E-state index in [2.05, 4.69) is 11.9 Å².